The summed E-state index contributed by atoms with van der Waals surface area (Å²) in [5.74, 6) is -0.655. The molecule has 9 nitrogen and oxygen atoms in total. The molecule has 0 aliphatic carbocycles. The Morgan fingerprint density at radius 2 is 1.33 bits per heavy atom. The maximum atomic E-state index is 12.5. The molecule has 0 aromatic heterocycles. The molecule has 4 atom stereocenters. The van der Waals surface area contributed by atoms with Gasteiger partial charge in [0.05, 0.1) is 12.1 Å². The second-order valence-corrected chi connectivity index (χ2v) is 6.88. The van der Waals surface area contributed by atoms with Gasteiger partial charge >= 0.3 is 6.09 Å². The molecule has 0 spiro atoms. The van der Waals surface area contributed by atoms with Gasteiger partial charge in [0, 0.05) is 26.9 Å². The third kappa shape index (κ3) is 5.34. The molecule has 4 unspecified atom stereocenters. The Morgan fingerprint density at radius 1 is 0.958 bits per heavy atom. The first-order chi connectivity index (χ1) is 10.9. The molecular formula is C15H27N3O6. The summed E-state index contributed by atoms with van der Waals surface area (Å²) >= 11 is 0. The van der Waals surface area contributed by atoms with Crippen LogP contribution in [-0.4, -0.2) is 76.0 Å². The maximum Gasteiger partial charge on any atom is 0.411 e. The minimum Gasteiger partial charge on any atom is -0.444 e. The number of hydrogen-bond donors (Lipinski definition) is 4. The van der Waals surface area contributed by atoms with E-state index in [-0.39, 0.29) is 24.9 Å². The molecule has 0 saturated carbocycles. The van der Waals surface area contributed by atoms with E-state index in [2.05, 4.69) is 10.6 Å². The van der Waals surface area contributed by atoms with E-state index in [1.54, 1.807) is 20.8 Å². The van der Waals surface area contributed by atoms with Crippen molar-refractivity contribution in [1.29, 1.82) is 0 Å². The van der Waals surface area contributed by atoms with Crippen molar-refractivity contribution < 1.29 is 29.3 Å². The van der Waals surface area contributed by atoms with Gasteiger partial charge in [0.25, 0.3) is 0 Å². The molecule has 1 rings (SSSR count). The number of carbonyl (C=O) groups excluding carboxylic acids is 3. The Morgan fingerprint density at radius 3 is 1.62 bits per heavy atom. The first-order valence-corrected chi connectivity index (χ1v) is 7.80. The molecule has 0 bridgehead atoms. The van der Waals surface area contributed by atoms with Gasteiger partial charge in [-0.25, -0.2) is 4.79 Å². The Hall–Kier alpha value is -1.87. The molecule has 0 aromatic rings. The predicted molar refractivity (Wildman–Crippen MR) is 85.0 cm³/mol. The topological polar surface area (TPSA) is 128 Å². The third-order valence-electron chi connectivity index (χ3n) is 3.58. The van der Waals surface area contributed by atoms with Crippen LogP contribution in [0.25, 0.3) is 0 Å². The van der Waals surface area contributed by atoms with Crippen LogP contribution in [0.4, 0.5) is 4.79 Å². The van der Waals surface area contributed by atoms with Gasteiger partial charge in [-0.3, -0.25) is 14.5 Å². The van der Waals surface area contributed by atoms with Crippen molar-refractivity contribution in [3.05, 3.63) is 0 Å². The third-order valence-corrected chi connectivity index (χ3v) is 3.58. The standard InChI is InChI=1S/C15H27N3O6/c1-8(19)16-6-10-12(21)13(22)11(7-17-9(2)20)18(10)14(23)24-15(3,4)5/h10-13,21-22H,6-7H2,1-5H3,(H,16,19)(H,17,20). The number of aliphatic hydroxyl groups is 2. The highest BCUT2D eigenvalue weighted by molar-refractivity contribution is 5.74. The van der Waals surface area contributed by atoms with E-state index in [1.165, 1.54) is 18.7 Å². The van der Waals surface area contributed by atoms with Crippen LogP contribution in [-0.2, 0) is 14.3 Å². The summed E-state index contributed by atoms with van der Waals surface area (Å²) in [6, 6.07) is -1.73. The van der Waals surface area contributed by atoms with Crippen molar-refractivity contribution in [1.82, 2.24) is 15.5 Å². The van der Waals surface area contributed by atoms with Gasteiger partial charge in [-0.05, 0) is 20.8 Å². The van der Waals surface area contributed by atoms with E-state index in [9.17, 15) is 24.6 Å². The number of ether oxygens (including phenoxy) is 1. The number of carbonyl (C=O) groups is 3. The summed E-state index contributed by atoms with van der Waals surface area (Å²) in [7, 11) is 0. The quantitative estimate of drug-likeness (QED) is 0.516. The van der Waals surface area contributed by atoms with Crippen LogP contribution in [0.5, 0.6) is 0 Å². The first kappa shape index (κ1) is 20.2. The SMILES string of the molecule is CC(=O)NCC1C(O)C(O)C(CNC(C)=O)N1C(=O)OC(C)(C)C. The van der Waals surface area contributed by atoms with Gasteiger partial charge in [-0.15, -0.1) is 0 Å². The zero-order valence-corrected chi connectivity index (χ0v) is 14.7. The number of aliphatic hydroxyl groups excluding tert-OH is 2. The van der Waals surface area contributed by atoms with Crippen LogP contribution >= 0.6 is 0 Å². The number of rotatable bonds is 4. The van der Waals surface area contributed by atoms with Gasteiger partial charge in [-0.1, -0.05) is 0 Å². The van der Waals surface area contributed by atoms with E-state index in [4.69, 9.17) is 4.74 Å². The Balaban J connectivity index is 3.03. The minimum absolute atomic E-state index is 0.0383. The van der Waals surface area contributed by atoms with Crippen LogP contribution in [0, 0.1) is 0 Å². The Kier molecular flexibility index (Phi) is 6.56. The number of nitrogens with one attached hydrogen (secondary N) is 2. The molecule has 1 heterocycles. The van der Waals surface area contributed by atoms with Crippen LogP contribution in [0.15, 0.2) is 0 Å². The monoisotopic (exact) mass is 345 g/mol. The van der Waals surface area contributed by atoms with Gasteiger partial charge in [0.15, 0.2) is 0 Å². The molecular weight excluding hydrogens is 318 g/mol. The molecule has 1 aliphatic heterocycles. The molecule has 4 N–H and O–H groups in total. The molecule has 3 amide bonds. The lowest BCUT2D eigenvalue weighted by atomic mass is 10.1. The van der Waals surface area contributed by atoms with Crippen LogP contribution < -0.4 is 10.6 Å². The van der Waals surface area contributed by atoms with Crippen molar-refractivity contribution >= 4 is 17.9 Å². The second-order valence-electron chi connectivity index (χ2n) is 6.88. The Labute approximate surface area is 141 Å². The summed E-state index contributed by atoms with van der Waals surface area (Å²) in [4.78, 5) is 36.0. The highest BCUT2D eigenvalue weighted by atomic mass is 16.6. The minimum atomic E-state index is -1.27. The number of amides is 3. The van der Waals surface area contributed by atoms with Crippen molar-refractivity contribution in [2.45, 2.75) is 64.5 Å². The second kappa shape index (κ2) is 7.80. The molecule has 24 heavy (non-hydrogen) atoms. The number of likely N-dealkylation sites (tertiary alicyclic amines) is 1. The van der Waals surface area contributed by atoms with Crippen LogP contribution in [0.2, 0.25) is 0 Å². The van der Waals surface area contributed by atoms with Crippen molar-refractivity contribution in [3.63, 3.8) is 0 Å². The van der Waals surface area contributed by atoms with Crippen molar-refractivity contribution in [2.75, 3.05) is 13.1 Å². The fourth-order valence-corrected chi connectivity index (χ4v) is 2.55. The summed E-state index contributed by atoms with van der Waals surface area (Å²) in [6.07, 6.45) is -3.28. The maximum absolute atomic E-state index is 12.5. The molecule has 0 aromatic carbocycles. The highest BCUT2D eigenvalue weighted by Crippen LogP contribution is 2.27. The predicted octanol–water partition coefficient (Wildman–Crippen LogP) is -1.03. The van der Waals surface area contributed by atoms with E-state index >= 15 is 0 Å². The fraction of sp³-hybridized carbons (Fsp3) is 0.800. The van der Waals surface area contributed by atoms with Crippen LogP contribution in [0.3, 0.4) is 0 Å². The Bertz CT molecular complexity index is 460. The largest absolute Gasteiger partial charge is 0.444 e. The molecule has 9 heteroatoms. The molecule has 1 saturated heterocycles. The van der Waals surface area contributed by atoms with E-state index in [1.807, 2.05) is 0 Å². The zero-order chi connectivity index (χ0) is 18.7. The molecule has 138 valence electrons. The smallest absolute Gasteiger partial charge is 0.411 e. The zero-order valence-electron chi connectivity index (χ0n) is 14.7. The molecule has 0 radical (unpaired) electrons. The van der Waals surface area contributed by atoms with E-state index in [0.29, 0.717) is 0 Å². The lowest BCUT2D eigenvalue weighted by Gasteiger charge is -2.32. The number of nitrogens with zero attached hydrogens (tertiary/aromatic N) is 1. The van der Waals surface area contributed by atoms with Gasteiger partial charge < -0.3 is 25.6 Å². The normalized spacial score (nSPS) is 26.9. The average Bonchev–Trinajstić information content (AvgIpc) is 2.64. The average molecular weight is 345 g/mol. The van der Waals surface area contributed by atoms with Gasteiger partial charge in [-0.2, -0.15) is 0 Å². The van der Waals surface area contributed by atoms with E-state index < -0.39 is 36.0 Å². The van der Waals surface area contributed by atoms with Crippen molar-refractivity contribution in [3.8, 4) is 0 Å². The lowest BCUT2D eigenvalue weighted by molar-refractivity contribution is -0.120. The summed E-state index contributed by atoms with van der Waals surface area (Å²) in [6.45, 7) is 7.62. The van der Waals surface area contributed by atoms with Gasteiger partial charge in [0.1, 0.15) is 17.8 Å². The number of hydrogen-bond acceptors (Lipinski definition) is 6. The van der Waals surface area contributed by atoms with Crippen molar-refractivity contribution in [2.24, 2.45) is 0 Å². The fourth-order valence-electron chi connectivity index (χ4n) is 2.55. The van der Waals surface area contributed by atoms with E-state index in [0.717, 1.165) is 0 Å². The van der Waals surface area contributed by atoms with Crippen LogP contribution in [0.1, 0.15) is 34.6 Å². The molecule has 1 aliphatic rings. The molecule has 1 fully saturated rings. The lowest BCUT2D eigenvalue weighted by Crippen LogP contribution is -2.53. The summed E-state index contributed by atoms with van der Waals surface area (Å²) in [5.41, 5.74) is -0.771. The highest BCUT2D eigenvalue weighted by Gasteiger charge is 2.50. The summed E-state index contributed by atoms with van der Waals surface area (Å²) in [5, 5.41) is 25.6. The first-order valence-electron chi connectivity index (χ1n) is 7.80. The summed E-state index contributed by atoms with van der Waals surface area (Å²) < 4.78 is 5.33. The van der Waals surface area contributed by atoms with Gasteiger partial charge in [0.2, 0.25) is 11.8 Å².